The zero-order chi connectivity index (χ0) is 15.7. The predicted octanol–water partition coefficient (Wildman–Crippen LogP) is 2.89. The highest BCUT2D eigenvalue weighted by Crippen LogP contribution is 2.02. The fourth-order valence-corrected chi connectivity index (χ4v) is 1.59. The van der Waals surface area contributed by atoms with E-state index in [2.05, 4.69) is 5.32 Å². The van der Waals surface area contributed by atoms with Crippen molar-refractivity contribution >= 4 is 12.1 Å². The van der Waals surface area contributed by atoms with Crippen LogP contribution in [0.2, 0.25) is 0 Å². The maximum atomic E-state index is 11.6. The predicted molar refractivity (Wildman–Crippen MR) is 79.6 cm³/mol. The Labute approximate surface area is 125 Å². The minimum absolute atomic E-state index is 0.132. The summed E-state index contributed by atoms with van der Waals surface area (Å²) in [6, 6.07) is 9.08. The van der Waals surface area contributed by atoms with Gasteiger partial charge in [0.25, 0.3) is 0 Å². The third-order valence-electron chi connectivity index (χ3n) is 2.63. The zero-order valence-electron chi connectivity index (χ0n) is 12.8. The number of carbonyl (C=O) groups is 2. The van der Waals surface area contributed by atoms with Crippen LogP contribution in [0.4, 0.5) is 4.79 Å². The molecule has 0 heterocycles. The Hall–Kier alpha value is -2.04. The van der Waals surface area contributed by atoms with Crippen LogP contribution in [0.25, 0.3) is 0 Å². The number of carbonyl (C=O) groups excluding carboxylic acids is 2. The van der Waals surface area contributed by atoms with Crippen LogP contribution in [0.3, 0.4) is 0 Å². The molecule has 0 saturated heterocycles. The Morgan fingerprint density at radius 3 is 2.38 bits per heavy atom. The molecule has 1 aromatic carbocycles. The van der Waals surface area contributed by atoms with E-state index >= 15 is 0 Å². The molecule has 1 N–H and O–H groups in total. The number of nitrogens with one attached hydrogen (secondary N) is 1. The van der Waals surface area contributed by atoms with E-state index < -0.39 is 6.09 Å². The monoisotopic (exact) mass is 293 g/mol. The smallest absolute Gasteiger partial charge is 0.407 e. The molecule has 0 aliphatic rings. The van der Waals surface area contributed by atoms with Gasteiger partial charge in [-0.15, -0.1) is 0 Å². The Bertz CT molecular complexity index is 445. The fraction of sp³-hybridized carbons (Fsp3) is 0.500. The van der Waals surface area contributed by atoms with Crippen molar-refractivity contribution in [2.24, 2.45) is 5.92 Å². The SMILES string of the molecule is CC(C)COC(=O)C[C@@H](C)NC(=O)OCc1ccccc1. The van der Waals surface area contributed by atoms with Gasteiger partial charge in [-0.25, -0.2) is 4.79 Å². The highest BCUT2D eigenvalue weighted by molar-refractivity contribution is 5.72. The first-order chi connectivity index (χ1) is 9.97. The molecule has 0 aromatic heterocycles. The van der Waals surface area contributed by atoms with Crippen molar-refractivity contribution < 1.29 is 19.1 Å². The minimum atomic E-state index is -0.539. The van der Waals surface area contributed by atoms with Crippen LogP contribution in [-0.4, -0.2) is 24.7 Å². The van der Waals surface area contributed by atoms with Crippen LogP contribution >= 0.6 is 0 Å². The molecule has 0 spiro atoms. The molecule has 5 heteroatoms. The van der Waals surface area contributed by atoms with Gasteiger partial charge in [0, 0.05) is 6.04 Å². The van der Waals surface area contributed by atoms with E-state index in [-0.39, 0.29) is 25.0 Å². The molecular weight excluding hydrogens is 270 g/mol. The Balaban J connectivity index is 2.22. The number of benzene rings is 1. The molecule has 0 unspecified atom stereocenters. The lowest BCUT2D eigenvalue weighted by molar-refractivity contribution is -0.145. The lowest BCUT2D eigenvalue weighted by Gasteiger charge is -2.14. The fourth-order valence-electron chi connectivity index (χ4n) is 1.59. The van der Waals surface area contributed by atoms with E-state index in [0.29, 0.717) is 12.5 Å². The van der Waals surface area contributed by atoms with Crippen molar-refractivity contribution in [1.29, 1.82) is 0 Å². The maximum absolute atomic E-state index is 11.6. The molecule has 0 aliphatic heterocycles. The number of ether oxygens (including phenoxy) is 2. The lowest BCUT2D eigenvalue weighted by Crippen LogP contribution is -2.35. The van der Waals surface area contributed by atoms with Gasteiger partial charge in [-0.1, -0.05) is 44.2 Å². The molecule has 1 aromatic rings. The van der Waals surface area contributed by atoms with E-state index in [1.54, 1.807) is 6.92 Å². The summed E-state index contributed by atoms with van der Waals surface area (Å²) >= 11 is 0. The van der Waals surface area contributed by atoms with Gasteiger partial charge in [0.1, 0.15) is 6.61 Å². The zero-order valence-corrected chi connectivity index (χ0v) is 12.8. The number of esters is 1. The van der Waals surface area contributed by atoms with Gasteiger partial charge < -0.3 is 14.8 Å². The van der Waals surface area contributed by atoms with Crippen LogP contribution < -0.4 is 5.32 Å². The highest BCUT2D eigenvalue weighted by Gasteiger charge is 2.14. The van der Waals surface area contributed by atoms with Gasteiger partial charge in [0.05, 0.1) is 13.0 Å². The van der Waals surface area contributed by atoms with E-state index in [1.807, 2.05) is 44.2 Å². The van der Waals surface area contributed by atoms with Gasteiger partial charge in [0.2, 0.25) is 0 Å². The molecule has 0 bridgehead atoms. The molecule has 0 saturated carbocycles. The Morgan fingerprint density at radius 1 is 1.10 bits per heavy atom. The van der Waals surface area contributed by atoms with E-state index in [4.69, 9.17) is 9.47 Å². The summed E-state index contributed by atoms with van der Waals surface area (Å²) in [5, 5.41) is 2.61. The van der Waals surface area contributed by atoms with Gasteiger partial charge in [0.15, 0.2) is 0 Å². The molecular formula is C16H23NO4. The molecule has 116 valence electrons. The third-order valence-corrected chi connectivity index (χ3v) is 2.63. The number of rotatable bonds is 7. The van der Waals surface area contributed by atoms with Gasteiger partial charge >= 0.3 is 12.1 Å². The maximum Gasteiger partial charge on any atom is 0.407 e. The van der Waals surface area contributed by atoms with Crippen LogP contribution in [0.5, 0.6) is 0 Å². The molecule has 21 heavy (non-hydrogen) atoms. The second kappa shape index (κ2) is 9.00. The molecule has 1 atom stereocenters. The van der Waals surface area contributed by atoms with Gasteiger partial charge in [-0.05, 0) is 18.4 Å². The van der Waals surface area contributed by atoms with E-state index in [9.17, 15) is 9.59 Å². The summed E-state index contributed by atoms with van der Waals surface area (Å²) < 4.78 is 10.1. The van der Waals surface area contributed by atoms with Crippen molar-refractivity contribution in [1.82, 2.24) is 5.32 Å². The summed E-state index contributed by atoms with van der Waals surface area (Å²) in [6.07, 6.45) is -0.407. The summed E-state index contributed by atoms with van der Waals surface area (Å²) in [5.41, 5.74) is 0.914. The first kappa shape index (κ1) is 17.0. The topological polar surface area (TPSA) is 64.6 Å². The first-order valence-corrected chi connectivity index (χ1v) is 7.10. The third kappa shape index (κ3) is 7.97. The number of amides is 1. The van der Waals surface area contributed by atoms with Gasteiger partial charge in [-0.2, -0.15) is 0 Å². The summed E-state index contributed by atoms with van der Waals surface area (Å²) in [5.74, 6) is -0.0207. The van der Waals surface area contributed by atoms with Crippen molar-refractivity contribution in [2.75, 3.05) is 6.61 Å². The van der Waals surface area contributed by atoms with E-state index in [0.717, 1.165) is 5.56 Å². The van der Waals surface area contributed by atoms with Crippen LogP contribution in [0, 0.1) is 5.92 Å². The largest absolute Gasteiger partial charge is 0.465 e. The van der Waals surface area contributed by atoms with Crippen molar-refractivity contribution in [3.63, 3.8) is 0 Å². The molecule has 0 fully saturated rings. The number of alkyl carbamates (subject to hydrolysis) is 1. The lowest BCUT2D eigenvalue weighted by atomic mass is 10.2. The van der Waals surface area contributed by atoms with Crippen LogP contribution in [-0.2, 0) is 20.9 Å². The normalized spacial score (nSPS) is 11.8. The summed E-state index contributed by atoms with van der Waals surface area (Å²) in [4.78, 5) is 23.1. The number of hydrogen-bond donors (Lipinski definition) is 1. The average molecular weight is 293 g/mol. The van der Waals surface area contributed by atoms with Crippen LogP contribution in [0.15, 0.2) is 30.3 Å². The molecule has 1 rings (SSSR count). The second-order valence-electron chi connectivity index (χ2n) is 5.39. The van der Waals surface area contributed by atoms with Crippen molar-refractivity contribution in [3.05, 3.63) is 35.9 Å². The highest BCUT2D eigenvalue weighted by atomic mass is 16.5. The van der Waals surface area contributed by atoms with Crippen LogP contribution in [0.1, 0.15) is 32.8 Å². The van der Waals surface area contributed by atoms with Gasteiger partial charge in [-0.3, -0.25) is 4.79 Å². The number of hydrogen-bond acceptors (Lipinski definition) is 4. The molecule has 1 amide bonds. The molecule has 5 nitrogen and oxygen atoms in total. The minimum Gasteiger partial charge on any atom is -0.465 e. The van der Waals surface area contributed by atoms with E-state index in [1.165, 1.54) is 0 Å². The molecule has 0 radical (unpaired) electrons. The standard InChI is InChI=1S/C16H23NO4/c1-12(2)10-20-15(18)9-13(3)17-16(19)21-11-14-7-5-4-6-8-14/h4-8,12-13H,9-11H2,1-3H3,(H,17,19)/t13-/m1/s1. The molecule has 0 aliphatic carbocycles. The summed E-state index contributed by atoms with van der Waals surface area (Å²) in [7, 11) is 0. The Kier molecular flexibility index (Phi) is 7.29. The Morgan fingerprint density at radius 2 is 1.76 bits per heavy atom. The van der Waals surface area contributed by atoms with Crippen molar-refractivity contribution in [3.8, 4) is 0 Å². The second-order valence-corrected chi connectivity index (χ2v) is 5.39. The average Bonchev–Trinajstić information content (AvgIpc) is 2.44. The quantitative estimate of drug-likeness (QED) is 0.785. The first-order valence-electron chi connectivity index (χ1n) is 7.10. The summed E-state index contributed by atoms with van der Waals surface area (Å²) in [6.45, 7) is 6.27. The van der Waals surface area contributed by atoms with Crippen molar-refractivity contribution in [2.45, 2.75) is 39.8 Å².